The molecule has 2 aliphatic heterocycles. The number of anilines is 1. The standard InChI is InChI=1S/C36H44N4O4/c1-38(26-27-40-34(41)31-17-8-9-18-32(31)35(40)42)22-12-3-2-4-13-23-39-24-20-29(21-25-39)44-36(43)37-33-19-11-10-16-30(33)28-14-6-5-7-15-28/h5-11,14-19,29H,2-4,12-13,20-27H2,1H3,(H,37,43). The van der Waals surface area contributed by atoms with Gasteiger partial charge >= 0.3 is 6.09 Å². The Morgan fingerprint density at radius 2 is 1.34 bits per heavy atom. The fourth-order valence-corrected chi connectivity index (χ4v) is 6.08. The molecule has 232 valence electrons. The highest BCUT2D eigenvalue weighted by atomic mass is 16.6. The smallest absolute Gasteiger partial charge is 0.411 e. The fraction of sp³-hybridized carbons (Fsp3) is 0.417. The predicted molar refractivity (Wildman–Crippen MR) is 174 cm³/mol. The number of imide groups is 1. The van der Waals surface area contributed by atoms with Gasteiger partial charge in [-0.25, -0.2) is 4.79 Å². The molecule has 0 unspecified atom stereocenters. The van der Waals surface area contributed by atoms with E-state index in [0.29, 0.717) is 24.2 Å². The van der Waals surface area contributed by atoms with Gasteiger partial charge in [0.15, 0.2) is 0 Å². The molecule has 0 spiro atoms. The van der Waals surface area contributed by atoms with E-state index >= 15 is 0 Å². The number of para-hydroxylation sites is 1. The first-order valence-electron chi connectivity index (χ1n) is 16.0. The second-order valence-corrected chi connectivity index (χ2v) is 11.9. The monoisotopic (exact) mass is 596 g/mol. The zero-order valence-corrected chi connectivity index (χ0v) is 25.7. The lowest BCUT2D eigenvalue weighted by Crippen LogP contribution is -2.38. The van der Waals surface area contributed by atoms with E-state index in [-0.39, 0.29) is 24.0 Å². The number of benzene rings is 3. The minimum absolute atomic E-state index is 0.0517. The molecule has 3 amide bonds. The summed E-state index contributed by atoms with van der Waals surface area (Å²) < 4.78 is 5.78. The highest BCUT2D eigenvalue weighted by Gasteiger charge is 2.34. The average Bonchev–Trinajstić information content (AvgIpc) is 3.29. The second kappa shape index (κ2) is 15.6. The summed E-state index contributed by atoms with van der Waals surface area (Å²) in [6.07, 6.45) is 7.16. The Kier molecular flexibility index (Phi) is 11.2. The van der Waals surface area contributed by atoms with Crippen LogP contribution in [0.2, 0.25) is 0 Å². The van der Waals surface area contributed by atoms with E-state index in [1.54, 1.807) is 24.3 Å². The van der Waals surface area contributed by atoms with Gasteiger partial charge in [-0.1, -0.05) is 79.9 Å². The Bertz CT molecular complexity index is 1370. The van der Waals surface area contributed by atoms with E-state index < -0.39 is 0 Å². The van der Waals surface area contributed by atoms with Gasteiger partial charge in [-0.15, -0.1) is 0 Å². The molecule has 1 fully saturated rings. The van der Waals surface area contributed by atoms with Crippen molar-refractivity contribution in [1.82, 2.24) is 14.7 Å². The molecule has 1 N–H and O–H groups in total. The normalized spacial score (nSPS) is 15.5. The molecule has 0 aliphatic carbocycles. The number of nitrogens with one attached hydrogen (secondary N) is 1. The molecule has 2 heterocycles. The van der Waals surface area contributed by atoms with E-state index in [4.69, 9.17) is 4.74 Å². The number of hydrogen-bond acceptors (Lipinski definition) is 6. The van der Waals surface area contributed by atoms with Gasteiger partial charge in [0.05, 0.1) is 16.8 Å². The Labute approximate surface area is 261 Å². The molecule has 1 saturated heterocycles. The molecule has 3 aromatic rings. The molecule has 3 aromatic carbocycles. The van der Waals surface area contributed by atoms with Crippen molar-refractivity contribution in [2.45, 2.75) is 51.0 Å². The Morgan fingerprint density at radius 3 is 2.05 bits per heavy atom. The van der Waals surface area contributed by atoms with Gasteiger partial charge < -0.3 is 14.5 Å². The van der Waals surface area contributed by atoms with E-state index in [9.17, 15) is 14.4 Å². The summed E-state index contributed by atoms with van der Waals surface area (Å²) in [5.74, 6) is -0.358. The lowest BCUT2D eigenvalue weighted by atomic mass is 10.0. The number of fused-ring (bicyclic) bond motifs is 1. The predicted octanol–water partition coefficient (Wildman–Crippen LogP) is 6.55. The lowest BCUT2D eigenvalue weighted by molar-refractivity contribution is 0.0583. The van der Waals surface area contributed by atoms with Crippen LogP contribution in [-0.4, -0.2) is 85.0 Å². The Hall–Kier alpha value is -4.01. The van der Waals surface area contributed by atoms with Crippen LogP contribution in [0.25, 0.3) is 11.1 Å². The Balaban J connectivity index is 0.897. The van der Waals surface area contributed by atoms with Crippen molar-refractivity contribution in [3.05, 3.63) is 90.0 Å². The van der Waals surface area contributed by atoms with Crippen molar-refractivity contribution in [3.63, 3.8) is 0 Å². The summed E-state index contributed by atoms with van der Waals surface area (Å²) in [5, 5.41) is 2.95. The number of ether oxygens (including phenoxy) is 1. The summed E-state index contributed by atoms with van der Waals surface area (Å²) >= 11 is 0. The van der Waals surface area contributed by atoms with Crippen LogP contribution in [0.3, 0.4) is 0 Å². The van der Waals surface area contributed by atoms with Gasteiger partial charge in [-0.05, 0) is 69.6 Å². The first kappa shape index (κ1) is 31.4. The summed E-state index contributed by atoms with van der Waals surface area (Å²) in [7, 11) is 2.05. The molecule has 44 heavy (non-hydrogen) atoms. The number of rotatable bonds is 14. The fourth-order valence-electron chi connectivity index (χ4n) is 6.08. The van der Waals surface area contributed by atoms with Gasteiger partial charge in [0.2, 0.25) is 0 Å². The number of carbonyl (C=O) groups is 3. The van der Waals surface area contributed by atoms with Crippen molar-refractivity contribution < 1.29 is 19.1 Å². The molecule has 8 heteroatoms. The van der Waals surface area contributed by atoms with Gasteiger partial charge in [0.25, 0.3) is 11.8 Å². The molecule has 0 bridgehead atoms. The summed E-state index contributed by atoms with van der Waals surface area (Å²) in [6.45, 7) is 5.07. The van der Waals surface area contributed by atoms with Crippen LogP contribution in [0, 0.1) is 0 Å². The van der Waals surface area contributed by atoms with Crippen molar-refractivity contribution >= 4 is 23.6 Å². The summed E-state index contributed by atoms with van der Waals surface area (Å²) in [4.78, 5) is 43.8. The minimum Gasteiger partial charge on any atom is -0.446 e. The molecule has 0 radical (unpaired) electrons. The van der Waals surface area contributed by atoms with Crippen molar-refractivity contribution in [1.29, 1.82) is 0 Å². The van der Waals surface area contributed by atoms with Crippen LogP contribution >= 0.6 is 0 Å². The topological polar surface area (TPSA) is 82.2 Å². The van der Waals surface area contributed by atoms with Crippen LogP contribution < -0.4 is 5.32 Å². The third kappa shape index (κ3) is 8.33. The molecular weight excluding hydrogens is 552 g/mol. The number of carbonyl (C=O) groups excluding carboxylic acids is 3. The maximum Gasteiger partial charge on any atom is 0.411 e. The second-order valence-electron chi connectivity index (χ2n) is 11.9. The van der Waals surface area contributed by atoms with Gasteiger partial charge in [-0.3, -0.25) is 19.8 Å². The van der Waals surface area contributed by atoms with Crippen LogP contribution in [0.1, 0.15) is 65.7 Å². The van der Waals surface area contributed by atoms with Crippen LogP contribution in [0.5, 0.6) is 0 Å². The molecule has 0 saturated carbocycles. The largest absolute Gasteiger partial charge is 0.446 e. The molecule has 5 rings (SSSR count). The van der Waals surface area contributed by atoms with E-state index in [1.165, 1.54) is 30.6 Å². The van der Waals surface area contributed by atoms with Gasteiger partial charge in [0.1, 0.15) is 6.10 Å². The minimum atomic E-state index is -0.388. The number of unbranched alkanes of at least 4 members (excludes halogenated alkanes) is 4. The SMILES string of the molecule is CN(CCCCCCCN1CCC(OC(=O)Nc2ccccc2-c2ccccc2)CC1)CCN1C(=O)c2ccccc2C1=O. The number of likely N-dealkylation sites (tertiary alicyclic amines) is 1. The number of hydrogen-bond donors (Lipinski definition) is 1. The molecular formula is C36H44N4O4. The maximum absolute atomic E-state index is 12.7. The van der Waals surface area contributed by atoms with Crippen LogP contribution in [-0.2, 0) is 4.74 Å². The Morgan fingerprint density at radius 1 is 0.750 bits per heavy atom. The summed E-state index contributed by atoms with van der Waals surface area (Å²) in [5.41, 5.74) is 3.82. The van der Waals surface area contributed by atoms with E-state index in [0.717, 1.165) is 62.3 Å². The zero-order valence-electron chi connectivity index (χ0n) is 25.7. The highest BCUT2D eigenvalue weighted by molar-refractivity contribution is 6.21. The van der Waals surface area contributed by atoms with Crippen molar-refractivity contribution in [2.75, 3.05) is 51.6 Å². The highest BCUT2D eigenvalue weighted by Crippen LogP contribution is 2.28. The third-order valence-corrected chi connectivity index (χ3v) is 8.65. The van der Waals surface area contributed by atoms with E-state index in [2.05, 4.69) is 22.2 Å². The molecule has 0 atom stereocenters. The quantitative estimate of drug-likeness (QED) is 0.168. The van der Waals surface area contributed by atoms with Crippen LogP contribution in [0.4, 0.5) is 10.5 Å². The van der Waals surface area contributed by atoms with Crippen molar-refractivity contribution in [2.24, 2.45) is 0 Å². The zero-order chi connectivity index (χ0) is 30.7. The first-order chi connectivity index (χ1) is 21.5. The molecule has 8 nitrogen and oxygen atoms in total. The average molecular weight is 597 g/mol. The number of nitrogens with zero attached hydrogens (tertiary/aromatic N) is 3. The van der Waals surface area contributed by atoms with Gasteiger partial charge in [0, 0.05) is 31.7 Å². The lowest BCUT2D eigenvalue weighted by Gasteiger charge is -2.31. The van der Waals surface area contributed by atoms with Crippen LogP contribution in [0.15, 0.2) is 78.9 Å². The maximum atomic E-state index is 12.7. The third-order valence-electron chi connectivity index (χ3n) is 8.65. The molecule has 2 aliphatic rings. The van der Waals surface area contributed by atoms with E-state index in [1.807, 2.05) is 54.6 Å². The molecule has 0 aromatic heterocycles. The number of likely N-dealkylation sites (N-methyl/N-ethyl adjacent to an activating group) is 1. The first-order valence-corrected chi connectivity index (χ1v) is 16.0. The summed E-state index contributed by atoms with van der Waals surface area (Å²) in [6, 6.07) is 24.9. The number of amides is 3. The van der Waals surface area contributed by atoms with Gasteiger partial charge in [-0.2, -0.15) is 0 Å². The number of piperidine rings is 1. The van der Waals surface area contributed by atoms with Crippen molar-refractivity contribution in [3.8, 4) is 11.1 Å².